The molecule has 1 aromatic heterocycles. The summed E-state index contributed by atoms with van der Waals surface area (Å²) in [6, 6.07) is 41.5. The second-order valence-electron chi connectivity index (χ2n) is 8.99. The van der Waals surface area contributed by atoms with Gasteiger partial charge in [-0.25, -0.2) is 0 Å². The smallest absolute Gasteiger partial charge is 0.197 e. The number of para-hydroxylation sites is 4. The Morgan fingerprint density at radius 3 is 1.97 bits per heavy atom. The van der Waals surface area contributed by atoms with Gasteiger partial charge in [-0.1, -0.05) is 66.7 Å². The lowest BCUT2D eigenvalue weighted by Gasteiger charge is -2.34. The quantitative estimate of drug-likeness (QED) is 0.255. The van der Waals surface area contributed by atoms with Crippen molar-refractivity contribution in [3.63, 3.8) is 0 Å². The molecule has 0 atom stereocenters. The van der Waals surface area contributed by atoms with Gasteiger partial charge in [0.25, 0.3) is 0 Å². The SMILES string of the molecule is O=c1c2ccccc2n(-c2ccccc2)c2cc3c(cc12)N(c1ccccc1)c1ccccc1C3. The first kappa shape index (κ1) is 19.8. The van der Waals surface area contributed by atoms with Crippen molar-refractivity contribution in [1.29, 1.82) is 0 Å². The summed E-state index contributed by atoms with van der Waals surface area (Å²) >= 11 is 0. The fourth-order valence-electron chi connectivity index (χ4n) is 5.40. The molecule has 166 valence electrons. The van der Waals surface area contributed by atoms with Gasteiger partial charge in [-0.2, -0.15) is 0 Å². The first-order chi connectivity index (χ1) is 17.3. The maximum Gasteiger partial charge on any atom is 0.197 e. The van der Waals surface area contributed by atoms with Gasteiger partial charge in [-0.3, -0.25) is 4.79 Å². The van der Waals surface area contributed by atoms with Crippen LogP contribution >= 0.6 is 0 Å². The van der Waals surface area contributed by atoms with Gasteiger partial charge in [0, 0.05) is 34.3 Å². The van der Waals surface area contributed by atoms with Crippen molar-refractivity contribution in [3.8, 4) is 5.69 Å². The van der Waals surface area contributed by atoms with Gasteiger partial charge >= 0.3 is 0 Å². The summed E-state index contributed by atoms with van der Waals surface area (Å²) in [5, 5.41) is 1.46. The zero-order valence-corrected chi connectivity index (χ0v) is 19.1. The minimum atomic E-state index is 0.0671. The Balaban J connectivity index is 1.61. The topological polar surface area (TPSA) is 25.2 Å². The van der Waals surface area contributed by atoms with Gasteiger partial charge in [-0.15, -0.1) is 0 Å². The highest BCUT2D eigenvalue weighted by Crippen LogP contribution is 2.45. The molecule has 0 saturated carbocycles. The van der Waals surface area contributed by atoms with Gasteiger partial charge in [0.05, 0.1) is 16.7 Å². The van der Waals surface area contributed by atoms with E-state index < -0.39 is 0 Å². The Bertz CT molecular complexity index is 1790. The molecule has 3 heteroatoms. The van der Waals surface area contributed by atoms with E-state index in [2.05, 4.69) is 82.3 Å². The second-order valence-corrected chi connectivity index (χ2v) is 8.99. The lowest BCUT2D eigenvalue weighted by molar-refractivity contribution is 1.08. The van der Waals surface area contributed by atoms with Crippen LogP contribution in [0.3, 0.4) is 0 Å². The fraction of sp³-hybridized carbons (Fsp3) is 0.0312. The standard InChI is InChI=1S/C32H22N2O/c35-32-26-16-8-10-18-29(26)34(25-14-5-2-6-15-25)31-20-23-19-22-11-7-9-17-28(22)33(30(23)21-27(31)32)24-12-3-1-4-13-24/h1-18,20-21H,19H2. The van der Waals surface area contributed by atoms with Crippen LogP contribution < -0.4 is 10.3 Å². The highest BCUT2D eigenvalue weighted by atomic mass is 16.1. The van der Waals surface area contributed by atoms with Crippen molar-refractivity contribution in [3.05, 3.63) is 143 Å². The minimum Gasteiger partial charge on any atom is -0.310 e. The molecule has 3 nitrogen and oxygen atoms in total. The minimum absolute atomic E-state index is 0.0671. The summed E-state index contributed by atoms with van der Waals surface area (Å²) in [4.78, 5) is 16.1. The van der Waals surface area contributed by atoms with Crippen LogP contribution in [0.5, 0.6) is 0 Å². The van der Waals surface area contributed by atoms with Crippen LogP contribution in [0.4, 0.5) is 17.1 Å². The molecule has 0 spiro atoms. The van der Waals surface area contributed by atoms with Crippen molar-refractivity contribution in [2.45, 2.75) is 6.42 Å². The molecule has 7 rings (SSSR count). The summed E-state index contributed by atoms with van der Waals surface area (Å²) < 4.78 is 2.22. The van der Waals surface area contributed by atoms with Crippen LogP contribution in [-0.2, 0) is 6.42 Å². The molecule has 0 saturated heterocycles. The fourth-order valence-corrected chi connectivity index (χ4v) is 5.40. The van der Waals surface area contributed by atoms with Gasteiger partial charge in [-0.05, 0) is 65.7 Å². The highest BCUT2D eigenvalue weighted by Gasteiger charge is 2.26. The van der Waals surface area contributed by atoms with Gasteiger partial charge in [0.2, 0.25) is 0 Å². The van der Waals surface area contributed by atoms with E-state index in [4.69, 9.17) is 0 Å². The van der Waals surface area contributed by atoms with Crippen LogP contribution in [0, 0.1) is 0 Å². The average Bonchev–Trinajstić information content (AvgIpc) is 2.92. The number of benzene rings is 5. The number of pyridine rings is 1. The molecule has 0 bridgehead atoms. The predicted molar refractivity (Wildman–Crippen MR) is 145 cm³/mol. The lowest BCUT2D eigenvalue weighted by Crippen LogP contribution is -2.20. The zero-order valence-electron chi connectivity index (χ0n) is 19.1. The zero-order chi connectivity index (χ0) is 23.4. The first-order valence-electron chi connectivity index (χ1n) is 11.9. The molecular weight excluding hydrogens is 428 g/mol. The predicted octanol–water partition coefficient (Wildman–Crippen LogP) is 7.52. The Kier molecular flexibility index (Phi) is 4.36. The summed E-state index contributed by atoms with van der Waals surface area (Å²) in [5.74, 6) is 0. The van der Waals surface area contributed by atoms with Crippen molar-refractivity contribution < 1.29 is 0 Å². The molecule has 0 radical (unpaired) electrons. The summed E-state index contributed by atoms with van der Waals surface area (Å²) in [7, 11) is 0. The van der Waals surface area contributed by atoms with Crippen molar-refractivity contribution in [2.24, 2.45) is 0 Å². The molecule has 0 aliphatic carbocycles. The van der Waals surface area contributed by atoms with Crippen molar-refractivity contribution >= 4 is 38.9 Å². The van der Waals surface area contributed by atoms with Crippen LogP contribution in [0.25, 0.3) is 27.5 Å². The molecule has 35 heavy (non-hydrogen) atoms. The third-order valence-corrected chi connectivity index (χ3v) is 6.96. The summed E-state index contributed by atoms with van der Waals surface area (Å²) in [6.45, 7) is 0. The van der Waals surface area contributed by atoms with Crippen LogP contribution in [0.1, 0.15) is 11.1 Å². The summed E-state index contributed by atoms with van der Waals surface area (Å²) in [6.07, 6.45) is 0.820. The lowest BCUT2D eigenvalue weighted by atomic mass is 9.93. The number of fused-ring (bicyclic) bond motifs is 4. The Morgan fingerprint density at radius 2 is 1.17 bits per heavy atom. The average molecular weight is 451 g/mol. The molecule has 2 heterocycles. The van der Waals surface area contributed by atoms with E-state index in [0.29, 0.717) is 0 Å². The monoisotopic (exact) mass is 450 g/mol. The third kappa shape index (κ3) is 3.02. The number of aromatic nitrogens is 1. The molecular formula is C32H22N2O. The molecule has 0 N–H and O–H groups in total. The van der Waals surface area contributed by atoms with Crippen LogP contribution in [0.15, 0.2) is 126 Å². The van der Waals surface area contributed by atoms with E-state index in [0.717, 1.165) is 51.0 Å². The number of anilines is 3. The number of rotatable bonds is 2. The number of hydrogen-bond acceptors (Lipinski definition) is 2. The molecule has 0 amide bonds. The van der Waals surface area contributed by atoms with E-state index in [1.807, 2.05) is 48.5 Å². The Morgan fingerprint density at radius 1 is 0.514 bits per heavy atom. The maximum atomic E-state index is 13.8. The van der Waals surface area contributed by atoms with Crippen LogP contribution in [0.2, 0.25) is 0 Å². The highest BCUT2D eigenvalue weighted by molar-refractivity contribution is 5.99. The van der Waals surface area contributed by atoms with E-state index in [1.165, 1.54) is 11.1 Å². The number of nitrogens with zero attached hydrogens (tertiary/aromatic N) is 2. The Labute approximate surface area is 203 Å². The molecule has 1 aliphatic heterocycles. The Hall–Kier alpha value is -4.63. The largest absolute Gasteiger partial charge is 0.310 e. The molecule has 6 aromatic rings. The molecule has 1 aliphatic rings. The van der Waals surface area contributed by atoms with Gasteiger partial charge in [0.1, 0.15) is 0 Å². The molecule has 0 unspecified atom stereocenters. The van der Waals surface area contributed by atoms with E-state index in [1.54, 1.807) is 0 Å². The van der Waals surface area contributed by atoms with Crippen LogP contribution in [-0.4, -0.2) is 4.57 Å². The van der Waals surface area contributed by atoms with Crippen molar-refractivity contribution in [1.82, 2.24) is 4.57 Å². The molecule has 0 fully saturated rings. The van der Waals surface area contributed by atoms with Gasteiger partial charge < -0.3 is 9.47 Å². The summed E-state index contributed by atoms with van der Waals surface area (Å²) in [5.41, 5.74) is 8.77. The van der Waals surface area contributed by atoms with Gasteiger partial charge in [0.15, 0.2) is 5.43 Å². The maximum absolute atomic E-state index is 13.8. The third-order valence-electron chi connectivity index (χ3n) is 6.96. The first-order valence-corrected chi connectivity index (χ1v) is 11.9. The van der Waals surface area contributed by atoms with E-state index in [9.17, 15) is 4.79 Å². The number of hydrogen-bond donors (Lipinski definition) is 0. The van der Waals surface area contributed by atoms with E-state index >= 15 is 0 Å². The molecule has 5 aromatic carbocycles. The second kappa shape index (κ2) is 7.71. The van der Waals surface area contributed by atoms with Crippen molar-refractivity contribution in [2.75, 3.05) is 4.90 Å². The van der Waals surface area contributed by atoms with E-state index in [-0.39, 0.29) is 5.43 Å². The normalized spacial score (nSPS) is 12.5.